The van der Waals surface area contributed by atoms with Gasteiger partial charge in [0.2, 0.25) is 0 Å². The van der Waals surface area contributed by atoms with E-state index in [1.54, 1.807) is 55.6 Å². The average molecular weight is 522 g/mol. The minimum Gasteiger partial charge on any atom is -0.493 e. The number of Topliss-reactive ketones (excluding diaryl/α,β-unsaturated/α-hetero) is 1. The number of benzene rings is 3. The summed E-state index contributed by atoms with van der Waals surface area (Å²) in [6.45, 7) is 4.30. The van der Waals surface area contributed by atoms with Crippen LogP contribution in [-0.2, 0) is 6.42 Å². The van der Waals surface area contributed by atoms with E-state index in [1.807, 2.05) is 31.2 Å². The Hall–Kier alpha value is -3.41. The van der Waals surface area contributed by atoms with Gasteiger partial charge in [0.1, 0.15) is 11.3 Å². The Morgan fingerprint density at radius 1 is 1.00 bits per heavy atom. The fraction of sp³-hybridized carbons (Fsp3) is 0.207. The molecule has 1 unspecified atom stereocenters. The normalized spacial score (nSPS) is 16.3. The minimum atomic E-state index is -1.19. The first-order valence-corrected chi connectivity index (χ1v) is 12.3. The highest BCUT2D eigenvalue weighted by Crippen LogP contribution is 2.36. The Labute approximate surface area is 220 Å². The molecule has 1 aliphatic heterocycles. The highest BCUT2D eigenvalue weighted by atomic mass is 35.5. The number of rotatable bonds is 9. The van der Waals surface area contributed by atoms with Gasteiger partial charge in [-0.15, -0.1) is 0 Å². The predicted molar refractivity (Wildman–Crippen MR) is 144 cm³/mol. The summed E-state index contributed by atoms with van der Waals surface area (Å²) in [6.07, 6.45) is 6.19. The van der Waals surface area contributed by atoms with Gasteiger partial charge in [0.05, 0.1) is 17.2 Å². The van der Waals surface area contributed by atoms with Gasteiger partial charge in [0.15, 0.2) is 5.78 Å². The maximum Gasteiger partial charge on any atom is 0.335 e. The molecule has 0 aromatic heterocycles. The number of aromatic carboxylic acids is 1. The lowest BCUT2D eigenvalue weighted by molar-refractivity contribution is 0.0696. The fourth-order valence-electron chi connectivity index (χ4n) is 4.22. The van der Waals surface area contributed by atoms with E-state index >= 15 is 0 Å². The molecule has 1 heterocycles. The van der Waals surface area contributed by atoms with Crippen LogP contribution in [0.15, 0.2) is 71.7 Å². The van der Waals surface area contributed by atoms with Crippen LogP contribution in [0.3, 0.4) is 0 Å². The van der Waals surface area contributed by atoms with Gasteiger partial charge in [-0.25, -0.2) is 4.79 Å². The largest absolute Gasteiger partial charge is 0.493 e. The maximum atomic E-state index is 13.7. The van der Waals surface area contributed by atoms with Gasteiger partial charge in [-0.2, -0.15) is 0 Å². The molecule has 184 valence electrons. The molecular formula is C29H25Cl2NO4. The van der Waals surface area contributed by atoms with E-state index in [9.17, 15) is 14.7 Å². The first kappa shape index (κ1) is 25.7. The molecule has 36 heavy (non-hydrogen) atoms. The first-order valence-electron chi connectivity index (χ1n) is 11.6. The zero-order chi connectivity index (χ0) is 25.9. The van der Waals surface area contributed by atoms with Crippen LogP contribution in [0.1, 0.15) is 45.2 Å². The number of ketones is 1. The summed E-state index contributed by atoms with van der Waals surface area (Å²) in [4.78, 5) is 30.0. The minimum absolute atomic E-state index is 0.238. The van der Waals surface area contributed by atoms with Gasteiger partial charge in [-0.1, -0.05) is 48.3 Å². The number of halogens is 2. The maximum absolute atomic E-state index is 13.7. The summed E-state index contributed by atoms with van der Waals surface area (Å²) < 4.78 is 6.01. The quantitative estimate of drug-likeness (QED) is 0.300. The lowest BCUT2D eigenvalue weighted by Crippen LogP contribution is -2.36. The summed E-state index contributed by atoms with van der Waals surface area (Å²) in [5.41, 5.74) is 2.42. The molecule has 3 aromatic carbocycles. The van der Waals surface area contributed by atoms with Gasteiger partial charge >= 0.3 is 5.97 Å². The van der Waals surface area contributed by atoms with Crippen LogP contribution in [0.25, 0.3) is 11.1 Å². The monoisotopic (exact) mass is 521 g/mol. The van der Waals surface area contributed by atoms with E-state index < -0.39 is 11.5 Å². The molecule has 0 fully saturated rings. The number of carboxylic acid groups (broad SMARTS) is 1. The van der Waals surface area contributed by atoms with Crippen molar-refractivity contribution in [1.29, 1.82) is 0 Å². The molecule has 0 aliphatic carbocycles. The fourth-order valence-corrected chi connectivity index (χ4v) is 4.71. The van der Waals surface area contributed by atoms with Crippen molar-refractivity contribution >= 4 is 41.2 Å². The number of ether oxygens (including phenoxy) is 1. The number of aliphatic imine (C=N–C) groups is 1. The molecule has 1 atom stereocenters. The van der Waals surface area contributed by atoms with Gasteiger partial charge in [0, 0.05) is 23.2 Å². The first-order chi connectivity index (χ1) is 17.2. The zero-order valence-electron chi connectivity index (χ0n) is 19.9. The third kappa shape index (κ3) is 5.23. The van der Waals surface area contributed by atoms with Crippen molar-refractivity contribution < 1.29 is 19.4 Å². The molecule has 1 N–H and O–H groups in total. The molecular weight excluding hydrogens is 497 g/mol. The average Bonchev–Trinajstić information content (AvgIpc) is 3.32. The highest BCUT2D eigenvalue weighted by molar-refractivity contribution is 6.37. The third-order valence-corrected chi connectivity index (χ3v) is 6.66. The lowest BCUT2D eigenvalue weighted by Gasteiger charge is -2.25. The number of carbonyl (C=O) groups excluding carboxylic acids is 1. The van der Waals surface area contributed by atoms with Gasteiger partial charge in [0.25, 0.3) is 0 Å². The standard InChI is InChI=1S/C29H25Cl2NO4/c1-3-13-36-26-10-7-19(20-6-5-18(2)24(15-20)28(34)35)14-21(26)17-29(11-4-12-32-29)27(33)23-9-8-22(30)16-25(23)31/h4-12,14-16H,3,13,17H2,1-2H3,(H,34,35). The molecule has 0 radical (unpaired) electrons. The van der Waals surface area contributed by atoms with Crippen LogP contribution < -0.4 is 4.74 Å². The van der Waals surface area contributed by atoms with Crippen molar-refractivity contribution in [3.8, 4) is 16.9 Å². The van der Waals surface area contributed by atoms with Crippen LogP contribution in [0.4, 0.5) is 0 Å². The number of carboxylic acids is 1. The summed E-state index contributed by atoms with van der Waals surface area (Å²) >= 11 is 12.4. The number of nitrogens with zero attached hydrogens (tertiary/aromatic N) is 1. The molecule has 1 aliphatic rings. The smallest absolute Gasteiger partial charge is 0.335 e. The lowest BCUT2D eigenvalue weighted by atomic mass is 9.83. The number of hydrogen-bond acceptors (Lipinski definition) is 4. The van der Waals surface area contributed by atoms with Gasteiger partial charge in [-0.05, 0) is 84.1 Å². The zero-order valence-corrected chi connectivity index (χ0v) is 21.4. The van der Waals surface area contributed by atoms with Crippen molar-refractivity contribution in [2.24, 2.45) is 4.99 Å². The van der Waals surface area contributed by atoms with E-state index in [2.05, 4.69) is 4.99 Å². The molecule has 7 heteroatoms. The topological polar surface area (TPSA) is 76.0 Å². The number of allylic oxidation sites excluding steroid dienone is 1. The number of carbonyl (C=O) groups is 2. The van der Waals surface area contributed by atoms with Gasteiger partial charge in [-0.3, -0.25) is 9.79 Å². The molecule has 0 saturated heterocycles. The van der Waals surface area contributed by atoms with E-state index in [1.165, 1.54) is 0 Å². The van der Waals surface area contributed by atoms with Crippen LogP contribution in [-0.4, -0.2) is 35.2 Å². The van der Waals surface area contributed by atoms with E-state index in [4.69, 9.17) is 27.9 Å². The summed E-state index contributed by atoms with van der Waals surface area (Å²) in [6, 6.07) is 15.8. The van der Waals surface area contributed by atoms with Crippen LogP contribution in [0, 0.1) is 6.92 Å². The van der Waals surface area contributed by atoms with Crippen molar-refractivity contribution in [2.75, 3.05) is 6.61 Å². The molecule has 5 nitrogen and oxygen atoms in total. The van der Waals surface area contributed by atoms with Crippen molar-refractivity contribution in [3.63, 3.8) is 0 Å². The predicted octanol–water partition coefficient (Wildman–Crippen LogP) is 7.26. The molecule has 0 saturated carbocycles. The molecule has 4 rings (SSSR count). The van der Waals surface area contributed by atoms with E-state index in [-0.39, 0.29) is 22.8 Å². The SMILES string of the molecule is CCCOc1ccc(-c2ccc(C)c(C(=O)O)c2)cc1CC1(C(=O)c2ccc(Cl)cc2Cl)C=CC=N1. The molecule has 0 spiro atoms. The third-order valence-electron chi connectivity index (χ3n) is 6.12. The Kier molecular flexibility index (Phi) is 7.62. The van der Waals surface area contributed by atoms with E-state index in [0.29, 0.717) is 28.5 Å². The Balaban J connectivity index is 1.78. The van der Waals surface area contributed by atoms with Crippen molar-refractivity contribution in [3.05, 3.63) is 99.0 Å². The van der Waals surface area contributed by atoms with Gasteiger partial charge < -0.3 is 9.84 Å². The summed E-state index contributed by atoms with van der Waals surface area (Å²) in [5.74, 6) is -0.576. The van der Waals surface area contributed by atoms with Crippen LogP contribution >= 0.6 is 23.2 Å². The Bertz CT molecular complexity index is 1380. The van der Waals surface area contributed by atoms with Crippen LogP contribution in [0.2, 0.25) is 10.0 Å². The number of hydrogen-bond donors (Lipinski definition) is 1. The molecule has 3 aromatic rings. The second-order valence-electron chi connectivity index (χ2n) is 8.70. The molecule has 0 bridgehead atoms. The summed E-state index contributed by atoms with van der Waals surface area (Å²) in [7, 11) is 0. The second kappa shape index (κ2) is 10.7. The van der Waals surface area contributed by atoms with Crippen molar-refractivity contribution in [1.82, 2.24) is 0 Å². The second-order valence-corrected chi connectivity index (χ2v) is 9.54. The van der Waals surface area contributed by atoms with Crippen LogP contribution in [0.5, 0.6) is 5.75 Å². The Morgan fingerprint density at radius 2 is 1.75 bits per heavy atom. The van der Waals surface area contributed by atoms with Crippen molar-refractivity contribution in [2.45, 2.75) is 32.2 Å². The Morgan fingerprint density at radius 3 is 2.42 bits per heavy atom. The highest BCUT2D eigenvalue weighted by Gasteiger charge is 2.39. The van der Waals surface area contributed by atoms with E-state index in [0.717, 1.165) is 23.1 Å². The molecule has 0 amide bonds. The summed E-state index contributed by atoms with van der Waals surface area (Å²) in [5, 5.41) is 10.3. The number of aryl methyl sites for hydroxylation is 1.